The number of hydrogen-bond acceptors (Lipinski definition) is 8. The predicted octanol–water partition coefficient (Wildman–Crippen LogP) is 4.37. The van der Waals surface area contributed by atoms with Gasteiger partial charge in [-0.3, -0.25) is 19.4 Å². The van der Waals surface area contributed by atoms with Gasteiger partial charge in [-0.2, -0.15) is 0 Å². The van der Waals surface area contributed by atoms with Crippen molar-refractivity contribution in [2.24, 2.45) is 0 Å². The van der Waals surface area contributed by atoms with E-state index in [-0.39, 0.29) is 22.4 Å². The lowest BCUT2D eigenvalue weighted by Gasteiger charge is -2.28. The molecule has 3 aliphatic rings. The maximum atomic E-state index is 15.9. The van der Waals surface area contributed by atoms with Crippen molar-refractivity contribution in [3.8, 4) is 17.2 Å². The number of halogens is 1. The number of rotatable bonds is 11. The highest BCUT2D eigenvalue weighted by Crippen LogP contribution is 2.46. The second-order valence-corrected chi connectivity index (χ2v) is 12.1. The molecule has 1 aromatic heterocycles. The summed E-state index contributed by atoms with van der Waals surface area (Å²) in [5.41, 5.74) is 0.772. The van der Waals surface area contributed by atoms with Gasteiger partial charge in [-0.15, -0.1) is 0 Å². The number of morpholine rings is 2. The van der Waals surface area contributed by atoms with Gasteiger partial charge in [0, 0.05) is 45.5 Å². The van der Waals surface area contributed by atoms with Crippen LogP contribution in [-0.2, 0) is 9.47 Å². The first-order chi connectivity index (χ1) is 22.6. The Morgan fingerprint density at radius 2 is 1.52 bits per heavy atom. The minimum atomic E-state index is -0.595. The molecule has 7 rings (SSSR count). The normalized spacial score (nSPS) is 16.7. The molecule has 3 aromatic carbocycles. The van der Waals surface area contributed by atoms with Crippen molar-refractivity contribution in [3.63, 3.8) is 0 Å². The van der Waals surface area contributed by atoms with Crippen LogP contribution in [0.3, 0.4) is 0 Å². The minimum Gasteiger partial charge on any atom is -0.451 e. The molecule has 0 unspecified atom stereocenters. The third-order valence-electron chi connectivity index (χ3n) is 9.09. The summed E-state index contributed by atoms with van der Waals surface area (Å²) in [6.45, 7) is 9.37. The third-order valence-corrected chi connectivity index (χ3v) is 9.09. The molecular formula is C35H40FN5O5. The number of nitrogens with one attached hydrogen (secondary N) is 2. The van der Waals surface area contributed by atoms with E-state index in [0.29, 0.717) is 30.0 Å². The zero-order valence-corrected chi connectivity index (χ0v) is 26.0. The molecule has 11 heteroatoms. The zero-order chi connectivity index (χ0) is 31.5. The molecular weight excluding hydrogens is 589 g/mol. The minimum absolute atomic E-state index is 0.0294. The number of anilines is 1. The van der Waals surface area contributed by atoms with Crippen molar-refractivity contribution in [1.29, 1.82) is 0 Å². The van der Waals surface area contributed by atoms with Gasteiger partial charge in [0.05, 0.1) is 37.5 Å². The van der Waals surface area contributed by atoms with Crippen LogP contribution in [0.5, 0.6) is 11.5 Å². The molecule has 0 saturated carbocycles. The molecule has 10 nitrogen and oxygen atoms in total. The number of nitrogens with zero attached hydrogens (tertiary/aromatic N) is 3. The number of carbonyl (C=O) groups excluding carboxylic acids is 1. The molecule has 46 heavy (non-hydrogen) atoms. The van der Waals surface area contributed by atoms with Crippen LogP contribution in [-0.4, -0.2) is 99.1 Å². The van der Waals surface area contributed by atoms with E-state index in [1.54, 1.807) is 6.20 Å². The van der Waals surface area contributed by atoms with Gasteiger partial charge in [-0.25, -0.2) is 4.39 Å². The average molecular weight is 630 g/mol. The first-order valence-corrected chi connectivity index (χ1v) is 16.3. The summed E-state index contributed by atoms with van der Waals surface area (Å²) in [6, 6.07) is 13.0. The molecule has 0 radical (unpaired) electrons. The highest BCUT2D eigenvalue weighted by molar-refractivity contribution is 6.02. The van der Waals surface area contributed by atoms with E-state index in [0.717, 1.165) is 95.7 Å². The topological polar surface area (TPSA) is 97.3 Å². The fourth-order valence-electron chi connectivity index (χ4n) is 6.55. The fraction of sp³-hybridized carbons (Fsp3) is 0.429. The summed E-state index contributed by atoms with van der Waals surface area (Å²) >= 11 is 0. The van der Waals surface area contributed by atoms with Crippen molar-refractivity contribution in [2.75, 3.05) is 84.1 Å². The van der Waals surface area contributed by atoms with Gasteiger partial charge in [0.25, 0.3) is 5.91 Å². The van der Waals surface area contributed by atoms with Gasteiger partial charge in [-0.1, -0.05) is 24.3 Å². The quantitative estimate of drug-likeness (QED) is 0.208. The number of hydrogen-bond donors (Lipinski definition) is 2. The molecule has 2 saturated heterocycles. The van der Waals surface area contributed by atoms with Crippen LogP contribution in [0.15, 0.2) is 53.5 Å². The fourth-order valence-corrected chi connectivity index (χ4v) is 6.55. The molecule has 0 aliphatic carbocycles. The Bertz CT molecular complexity index is 1800. The maximum Gasteiger partial charge on any atom is 0.256 e. The summed E-state index contributed by atoms with van der Waals surface area (Å²) in [6.07, 6.45) is 4.09. The number of carbonyl (C=O) groups is 1. The molecule has 1 amide bonds. The largest absolute Gasteiger partial charge is 0.451 e. The third kappa shape index (κ3) is 6.32. The van der Waals surface area contributed by atoms with Gasteiger partial charge < -0.3 is 29.4 Å². The number of pyridine rings is 1. The van der Waals surface area contributed by atoms with Crippen LogP contribution in [0.1, 0.15) is 29.6 Å². The molecule has 242 valence electrons. The number of benzene rings is 3. The van der Waals surface area contributed by atoms with Gasteiger partial charge in [-0.05, 0) is 61.3 Å². The van der Waals surface area contributed by atoms with Crippen molar-refractivity contribution in [2.45, 2.75) is 19.3 Å². The average Bonchev–Trinajstić information content (AvgIpc) is 3.08. The van der Waals surface area contributed by atoms with Crippen molar-refractivity contribution < 1.29 is 23.4 Å². The standard InChI is InChI=1S/C35H40FN5O5/c36-28-22-26-32-34(31(28)37-9-5-11-40-14-18-45-19-15-40)46-30-21-25-7-2-1-6-24(25)20-29(30)41(32)23-27(33(26)42)35(43)38-8-3-4-10-39-12-16-44-17-13-39/h1-2,6-7,20-23,37H,3-5,8-19H2,(H,38,43). The van der Waals surface area contributed by atoms with Crippen LogP contribution < -0.4 is 20.8 Å². The van der Waals surface area contributed by atoms with Crippen LogP contribution in [0, 0.1) is 5.82 Å². The molecule has 0 spiro atoms. The Morgan fingerprint density at radius 3 is 2.24 bits per heavy atom. The van der Waals surface area contributed by atoms with Gasteiger partial charge in [0.15, 0.2) is 17.3 Å². The number of amides is 1. The molecule has 0 bridgehead atoms. The number of fused-ring (bicyclic) bond motifs is 3. The van der Waals surface area contributed by atoms with Crippen LogP contribution in [0.25, 0.3) is 27.4 Å². The van der Waals surface area contributed by atoms with Crippen molar-refractivity contribution in [1.82, 2.24) is 19.7 Å². The lowest BCUT2D eigenvalue weighted by molar-refractivity contribution is 0.0372. The Kier molecular flexibility index (Phi) is 9.16. The lowest BCUT2D eigenvalue weighted by Crippen LogP contribution is -2.37. The Hall–Kier alpha value is -4.03. The molecule has 3 aliphatic heterocycles. The lowest BCUT2D eigenvalue weighted by atomic mass is 10.0. The zero-order valence-electron chi connectivity index (χ0n) is 26.0. The van der Waals surface area contributed by atoms with Crippen molar-refractivity contribution >= 4 is 33.3 Å². The number of ether oxygens (including phenoxy) is 3. The number of aromatic nitrogens is 1. The van der Waals surface area contributed by atoms with E-state index in [1.165, 1.54) is 6.07 Å². The number of unbranched alkanes of at least 4 members (excludes halogenated alkanes) is 1. The first kappa shape index (κ1) is 30.6. The summed E-state index contributed by atoms with van der Waals surface area (Å²) in [4.78, 5) is 31.9. The molecule has 4 aromatic rings. The summed E-state index contributed by atoms with van der Waals surface area (Å²) < 4.78 is 34.9. The highest BCUT2D eigenvalue weighted by Gasteiger charge is 2.29. The summed E-state index contributed by atoms with van der Waals surface area (Å²) in [5.74, 6) is -0.297. The van der Waals surface area contributed by atoms with Gasteiger partial charge in [0.2, 0.25) is 5.43 Å². The van der Waals surface area contributed by atoms with E-state index in [4.69, 9.17) is 14.2 Å². The van der Waals surface area contributed by atoms with Crippen LogP contribution in [0.2, 0.25) is 0 Å². The van der Waals surface area contributed by atoms with Gasteiger partial charge >= 0.3 is 0 Å². The van der Waals surface area contributed by atoms with Crippen molar-refractivity contribution in [3.05, 3.63) is 70.3 Å². The predicted molar refractivity (Wildman–Crippen MR) is 176 cm³/mol. The van der Waals surface area contributed by atoms with E-state index in [1.807, 2.05) is 41.0 Å². The monoisotopic (exact) mass is 629 g/mol. The second kappa shape index (κ2) is 13.8. The van der Waals surface area contributed by atoms with Gasteiger partial charge in [0.1, 0.15) is 16.8 Å². The van der Waals surface area contributed by atoms with E-state index in [2.05, 4.69) is 20.4 Å². The smallest absolute Gasteiger partial charge is 0.256 e. The molecule has 0 atom stereocenters. The first-order valence-electron chi connectivity index (χ1n) is 16.3. The highest BCUT2D eigenvalue weighted by atomic mass is 19.1. The molecule has 2 fully saturated rings. The van der Waals surface area contributed by atoms with E-state index < -0.39 is 17.2 Å². The molecule has 4 heterocycles. The van der Waals surface area contributed by atoms with E-state index in [9.17, 15) is 9.59 Å². The Balaban J connectivity index is 1.18. The van der Waals surface area contributed by atoms with E-state index >= 15 is 4.39 Å². The Labute approximate surface area is 267 Å². The summed E-state index contributed by atoms with van der Waals surface area (Å²) in [7, 11) is 0. The second-order valence-electron chi connectivity index (χ2n) is 12.1. The van der Waals surface area contributed by atoms with Crippen LogP contribution in [0.4, 0.5) is 10.1 Å². The van der Waals surface area contributed by atoms with Crippen LogP contribution >= 0.6 is 0 Å². The molecule has 2 N–H and O–H groups in total. The maximum absolute atomic E-state index is 15.9. The summed E-state index contributed by atoms with van der Waals surface area (Å²) in [5, 5.41) is 8.22. The SMILES string of the molecule is O=C(NCCCCN1CCOCC1)c1cn2c3c(c(NCCCN4CCOCC4)c(F)cc3c1=O)Oc1cc3ccccc3cc1-2. The Morgan fingerprint density at radius 1 is 0.848 bits per heavy atom.